The molecule has 1 heterocycles. The van der Waals surface area contributed by atoms with Gasteiger partial charge in [-0.05, 0) is 64.2 Å². The average Bonchev–Trinajstić information content (AvgIpc) is 2.85. The van der Waals surface area contributed by atoms with Gasteiger partial charge in [0.05, 0.1) is 5.25 Å². The zero-order valence-electron chi connectivity index (χ0n) is 13.0. The summed E-state index contributed by atoms with van der Waals surface area (Å²) < 4.78 is 23.4. The Bertz CT molecular complexity index is 389. The topological polar surface area (TPSA) is 49.4 Å². The highest BCUT2D eigenvalue weighted by atomic mass is 32.2. The highest BCUT2D eigenvalue weighted by Crippen LogP contribution is 2.25. The monoisotopic (exact) mass is 302 g/mol. The lowest BCUT2D eigenvalue weighted by atomic mass is 9.99. The largest absolute Gasteiger partial charge is 0.313 e. The Kier molecular flexibility index (Phi) is 5.87. The highest BCUT2D eigenvalue weighted by molar-refractivity contribution is 7.91. The lowest BCUT2D eigenvalue weighted by Crippen LogP contribution is -2.41. The number of sulfone groups is 1. The lowest BCUT2D eigenvalue weighted by molar-refractivity contribution is 0.190. The summed E-state index contributed by atoms with van der Waals surface area (Å²) in [7, 11) is -2.89. The molecule has 2 aliphatic rings. The third-order valence-corrected chi connectivity index (χ3v) is 6.60. The molecule has 1 aliphatic carbocycles. The quantitative estimate of drug-likeness (QED) is 0.758. The number of likely N-dealkylation sites (tertiary alicyclic amines) is 1. The summed E-state index contributed by atoms with van der Waals surface area (Å²) in [5.41, 5.74) is 0. The Hall–Kier alpha value is -0.130. The van der Waals surface area contributed by atoms with E-state index >= 15 is 0 Å². The summed E-state index contributed by atoms with van der Waals surface area (Å²) in [4.78, 5) is 2.55. The third-order valence-electron chi connectivity index (χ3n) is 4.94. The molecule has 0 spiro atoms. The van der Waals surface area contributed by atoms with Crippen molar-refractivity contribution in [2.45, 2.75) is 56.7 Å². The van der Waals surface area contributed by atoms with E-state index < -0.39 is 9.84 Å². The van der Waals surface area contributed by atoms with Crippen molar-refractivity contribution >= 4 is 9.84 Å². The maximum Gasteiger partial charge on any atom is 0.151 e. The number of piperidine rings is 1. The van der Waals surface area contributed by atoms with Crippen molar-refractivity contribution in [2.75, 3.05) is 32.4 Å². The number of nitrogens with zero attached hydrogens (tertiary/aromatic N) is 1. The zero-order valence-corrected chi connectivity index (χ0v) is 13.8. The van der Waals surface area contributed by atoms with Crippen LogP contribution in [0.2, 0.25) is 0 Å². The molecular weight excluding hydrogens is 272 g/mol. The Morgan fingerprint density at radius 2 is 1.85 bits per heavy atom. The van der Waals surface area contributed by atoms with Crippen LogP contribution < -0.4 is 5.32 Å². The molecule has 0 aromatic heterocycles. The predicted molar refractivity (Wildman–Crippen MR) is 83.7 cm³/mol. The Morgan fingerprint density at radius 1 is 1.15 bits per heavy atom. The molecule has 2 rings (SSSR count). The summed E-state index contributed by atoms with van der Waals surface area (Å²) >= 11 is 0. The molecular formula is C15H30N2O2S. The zero-order chi connectivity index (χ0) is 14.6. The minimum Gasteiger partial charge on any atom is -0.313 e. The summed E-state index contributed by atoms with van der Waals surface area (Å²) in [5.74, 6) is 0.887. The Balaban J connectivity index is 1.63. The van der Waals surface area contributed by atoms with E-state index in [1.54, 1.807) is 0 Å². The van der Waals surface area contributed by atoms with Crippen molar-refractivity contribution in [3.8, 4) is 0 Å². The van der Waals surface area contributed by atoms with E-state index in [1.807, 2.05) is 0 Å². The van der Waals surface area contributed by atoms with Gasteiger partial charge in [-0.25, -0.2) is 8.42 Å². The Labute approximate surface area is 124 Å². The van der Waals surface area contributed by atoms with Crippen LogP contribution in [0.25, 0.3) is 0 Å². The van der Waals surface area contributed by atoms with Crippen LogP contribution >= 0.6 is 0 Å². The summed E-state index contributed by atoms with van der Waals surface area (Å²) in [6, 6.07) is 0.186. The molecule has 0 bridgehead atoms. The molecule has 0 amide bonds. The van der Waals surface area contributed by atoms with Crippen LogP contribution in [0.15, 0.2) is 0 Å². The van der Waals surface area contributed by atoms with Gasteiger partial charge in [0.25, 0.3) is 0 Å². The van der Waals surface area contributed by atoms with Gasteiger partial charge in [-0.2, -0.15) is 0 Å². The average molecular weight is 302 g/mol. The van der Waals surface area contributed by atoms with Gasteiger partial charge < -0.3 is 10.2 Å². The van der Waals surface area contributed by atoms with Crippen molar-refractivity contribution in [1.29, 1.82) is 0 Å². The van der Waals surface area contributed by atoms with E-state index in [0.717, 1.165) is 44.7 Å². The molecule has 2 unspecified atom stereocenters. The summed E-state index contributed by atoms with van der Waals surface area (Å²) in [6.07, 6.45) is 8.05. The molecule has 0 aromatic carbocycles. The maximum atomic E-state index is 11.7. The van der Waals surface area contributed by atoms with E-state index in [9.17, 15) is 8.42 Å². The normalized spacial score (nSPS) is 29.9. The van der Waals surface area contributed by atoms with Crippen molar-refractivity contribution in [3.05, 3.63) is 0 Å². The second-order valence-corrected chi connectivity index (χ2v) is 9.00. The molecule has 0 aromatic rings. The van der Waals surface area contributed by atoms with E-state index in [4.69, 9.17) is 0 Å². The first-order valence-corrected chi connectivity index (χ1v) is 10.1. The predicted octanol–water partition coefficient (Wildman–Crippen LogP) is 1.66. The van der Waals surface area contributed by atoms with Gasteiger partial charge in [0, 0.05) is 12.3 Å². The molecule has 2 fully saturated rings. The standard InChI is InChI=1S/C15H30N2O2S/c1-13-7-11-17(12-8-13)10-4-9-16-14-5-3-6-15(14)20(2,18)19/h13-16H,3-12H2,1-2H3. The minimum atomic E-state index is -2.89. The molecule has 1 saturated heterocycles. The number of hydrogen-bond acceptors (Lipinski definition) is 4. The Morgan fingerprint density at radius 3 is 2.50 bits per heavy atom. The van der Waals surface area contributed by atoms with Crippen molar-refractivity contribution < 1.29 is 8.42 Å². The van der Waals surface area contributed by atoms with Gasteiger partial charge in [0.15, 0.2) is 9.84 Å². The minimum absolute atomic E-state index is 0.154. The summed E-state index contributed by atoms with van der Waals surface area (Å²) in [5, 5.41) is 3.33. The molecule has 4 nitrogen and oxygen atoms in total. The fourth-order valence-corrected chi connectivity index (χ4v) is 4.97. The molecule has 20 heavy (non-hydrogen) atoms. The fraction of sp³-hybridized carbons (Fsp3) is 1.00. The molecule has 1 aliphatic heterocycles. The number of rotatable bonds is 6. The number of hydrogen-bond donors (Lipinski definition) is 1. The lowest BCUT2D eigenvalue weighted by Gasteiger charge is -2.30. The van der Waals surface area contributed by atoms with Crippen LogP contribution in [-0.2, 0) is 9.84 Å². The fourth-order valence-electron chi connectivity index (χ4n) is 3.55. The van der Waals surface area contributed by atoms with Gasteiger partial charge in [-0.1, -0.05) is 13.3 Å². The maximum absolute atomic E-state index is 11.7. The van der Waals surface area contributed by atoms with Crippen LogP contribution in [0.1, 0.15) is 45.4 Å². The number of nitrogens with one attached hydrogen (secondary N) is 1. The first-order chi connectivity index (χ1) is 9.47. The molecule has 2 atom stereocenters. The van der Waals surface area contributed by atoms with Gasteiger partial charge in [-0.3, -0.25) is 0 Å². The van der Waals surface area contributed by atoms with Gasteiger partial charge >= 0.3 is 0 Å². The second-order valence-electron chi connectivity index (χ2n) is 6.74. The van der Waals surface area contributed by atoms with Crippen LogP contribution in [0, 0.1) is 5.92 Å². The van der Waals surface area contributed by atoms with Crippen LogP contribution in [0.4, 0.5) is 0 Å². The van der Waals surface area contributed by atoms with Crippen LogP contribution in [0.3, 0.4) is 0 Å². The highest BCUT2D eigenvalue weighted by Gasteiger charge is 2.34. The van der Waals surface area contributed by atoms with Gasteiger partial charge in [0.2, 0.25) is 0 Å². The molecule has 118 valence electrons. The van der Waals surface area contributed by atoms with Crippen molar-refractivity contribution in [1.82, 2.24) is 10.2 Å². The first kappa shape index (κ1) is 16.2. The third kappa shape index (κ3) is 4.71. The van der Waals surface area contributed by atoms with E-state index in [-0.39, 0.29) is 11.3 Å². The molecule has 1 saturated carbocycles. The second kappa shape index (κ2) is 7.23. The van der Waals surface area contributed by atoms with E-state index in [0.29, 0.717) is 0 Å². The SMILES string of the molecule is CC1CCN(CCCNC2CCCC2S(C)(=O)=O)CC1. The van der Waals surface area contributed by atoms with E-state index in [1.165, 1.54) is 32.2 Å². The van der Waals surface area contributed by atoms with E-state index in [2.05, 4.69) is 17.1 Å². The first-order valence-electron chi connectivity index (χ1n) is 8.11. The van der Waals surface area contributed by atoms with Crippen LogP contribution in [0.5, 0.6) is 0 Å². The molecule has 5 heteroatoms. The molecule has 0 radical (unpaired) electrons. The molecule has 1 N–H and O–H groups in total. The summed E-state index contributed by atoms with van der Waals surface area (Å²) in [6.45, 7) is 6.90. The van der Waals surface area contributed by atoms with Crippen molar-refractivity contribution in [3.63, 3.8) is 0 Å². The van der Waals surface area contributed by atoms with Crippen molar-refractivity contribution in [2.24, 2.45) is 5.92 Å². The van der Waals surface area contributed by atoms with Crippen LogP contribution in [-0.4, -0.2) is 57.0 Å². The van der Waals surface area contributed by atoms with Gasteiger partial charge in [-0.15, -0.1) is 0 Å². The smallest absolute Gasteiger partial charge is 0.151 e. The van der Waals surface area contributed by atoms with Gasteiger partial charge in [0.1, 0.15) is 0 Å².